The Bertz CT molecular complexity index is 367. The zero-order valence-electron chi connectivity index (χ0n) is 13.8. The normalized spacial score (nSPS) is 22.6. The van der Waals surface area contributed by atoms with Crippen LogP contribution in [0.2, 0.25) is 0 Å². The van der Waals surface area contributed by atoms with Crippen LogP contribution >= 0.6 is 0 Å². The van der Waals surface area contributed by atoms with Crippen molar-refractivity contribution in [3.63, 3.8) is 0 Å². The van der Waals surface area contributed by atoms with Gasteiger partial charge in [0.25, 0.3) is 0 Å². The number of rotatable bonds is 6. The molecule has 2 amide bonds. The first-order valence-electron chi connectivity index (χ1n) is 8.83. The summed E-state index contributed by atoms with van der Waals surface area (Å²) in [5.41, 5.74) is 0. The number of amides is 2. The van der Waals surface area contributed by atoms with Crippen LogP contribution in [-0.2, 0) is 9.53 Å². The molecule has 5 nitrogen and oxygen atoms in total. The van der Waals surface area contributed by atoms with E-state index < -0.39 is 0 Å². The lowest BCUT2D eigenvalue weighted by Gasteiger charge is -2.34. The number of hydrogen-bond acceptors (Lipinski definition) is 3. The van der Waals surface area contributed by atoms with Gasteiger partial charge in [-0.2, -0.15) is 0 Å². The molecule has 1 heterocycles. The van der Waals surface area contributed by atoms with Gasteiger partial charge in [-0.1, -0.05) is 19.3 Å². The molecule has 1 saturated carbocycles. The Morgan fingerprint density at radius 1 is 1.09 bits per heavy atom. The second-order valence-electron chi connectivity index (χ2n) is 6.57. The zero-order chi connectivity index (χ0) is 15.8. The number of unbranched alkanes of at least 4 members (excludes halogenated alkanes) is 1. The summed E-state index contributed by atoms with van der Waals surface area (Å²) in [4.78, 5) is 25.5. The second kappa shape index (κ2) is 9.01. The molecule has 0 aromatic carbocycles. The highest BCUT2D eigenvalue weighted by Gasteiger charge is 2.34. The maximum absolute atomic E-state index is 12.4. The highest BCUT2D eigenvalue weighted by Crippen LogP contribution is 2.34. The van der Waals surface area contributed by atoms with Crippen molar-refractivity contribution in [2.75, 3.05) is 20.2 Å². The second-order valence-corrected chi connectivity index (χ2v) is 6.57. The lowest BCUT2D eigenvalue weighted by atomic mass is 9.83. The van der Waals surface area contributed by atoms with Crippen LogP contribution in [0.1, 0.15) is 64.2 Å². The van der Waals surface area contributed by atoms with Crippen molar-refractivity contribution in [2.24, 2.45) is 5.92 Å². The Labute approximate surface area is 133 Å². The molecule has 1 unspecified atom stereocenters. The van der Waals surface area contributed by atoms with Crippen LogP contribution < -0.4 is 5.32 Å². The third-order valence-electron chi connectivity index (χ3n) is 5.07. The van der Waals surface area contributed by atoms with Crippen LogP contribution in [0.4, 0.5) is 4.79 Å². The van der Waals surface area contributed by atoms with E-state index in [4.69, 9.17) is 0 Å². The summed E-state index contributed by atoms with van der Waals surface area (Å²) < 4.78 is 4.61. The van der Waals surface area contributed by atoms with E-state index in [9.17, 15) is 9.59 Å². The van der Waals surface area contributed by atoms with Gasteiger partial charge in [0.1, 0.15) is 0 Å². The molecular formula is C17H30N2O3. The summed E-state index contributed by atoms with van der Waals surface area (Å²) in [6.07, 6.45) is 10.9. The Balaban J connectivity index is 1.68. The molecule has 1 aliphatic heterocycles. The average molecular weight is 310 g/mol. The number of nitrogens with one attached hydrogen (secondary N) is 1. The fraction of sp³-hybridized carbons (Fsp3) is 0.882. The van der Waals surface area contributed by atoms with Crippen LogP contribution in [0.3, 0.4) is 0 Å². The number of likely N-dealkylation sites (tertiary alicyclic amines) is 1. The molecule has 1 aliphatic carbocycles. The van der Waals surface area contributed by atoms with Crippen LogP contribution in [0.5, 0.6) is 0 Å². The summed E-state index contributed by atoms with van der Waals surface area (Å²) >= 11 is 0. The summed E-state index contributed by atoms with van der Waals surface area (Å²) in [5, 5.41) is 3.02. The van der Waals surface area contributed by atoms with Gasteiger partial charge in [-0.05, 0) is 44.4 Å². The van der Waals surface area contributed by atoms with E-state index in [-0.39, 0.29) is 12.0 Å². The van der Waals surface area contributed by atoms with Crippen LogP contribution in [0.15, 0.2) is 0 Å². The smallest absolute Gasteiger partial charge is 0.317 e. The van der Waals surface area contributed by atoms with Gasteiger partial charge in [0, 0.05) is 25.6 Å². The van der Waals surface area contributed by atoms with Crippen molar-refractivity contribution in [2.45, 2.75) is 70.3 Å². The van der Waals surface area contributed by atoms with Crippen molar-refractivity contribution >= 4 is 12.0 Å². The van der Waals surface area contributed by atoms with Crippen LogP contribution in [-0.4, -0.2) is 43.1 Å². The number of ether oxygens (including phenoxy) is 1. The summed E-state index contributed by atoms with van der Waals surface area (Å²) in [5.74, 6) is 0.532. The standard InChI is InChI=1S/C17H30N2O3/c1-22-16(20)11-5-6-12-18-17(21)19-13-7-10-15(19)14-8-3-2-4-9-14/h14-15H,2-13H2,1H3,(H,18,21). The third-order valence-corrected chi connectivity index (χ3v) is 5.07. The van der Waals surface area contributed by atoms with Gasteiger partial charge in [0.15, 0.2) is 0 Å². The monoisotopic (exact) mass is 310 g/mol. The molecule has 2 aliphatic rings. The molecule has 2 fully saturated rings. The molecule has 2 rings (SSSR count). The molecule has 0 bridgehead atoms. The topological polar surface area (TPSA) is 58.6 Å². The largest absolute Gasteiger partial charge is 0.469 e. The predicted molar refractivity (Wildman–Crippen MR) is 85.6 cm³/mol. The summed E-state index contributed by atoms with van der Waals surface area (Å²) in [7, 11) is 1.41. The molecule has 1 N–H and O–H groups in total. The van der Waals surface area contributed by atoms with Gasteiger partial charge in [-0.3, -0.25) is 4.79 Å². The lowest BCUT2D eigenvalue weighted by molar-refractivity contribution is -0.140. The number of nitrogens with zero attached hydrogens (tertiary/aromatic N) is 1. The first kappa shape index (κ1) is 17.1. The van der Waals surface area contributed by atoms with E-state index in [1.165, 1.54) is 45.6 Å². The quantitative estimate of drug-likeness (QED) is 0.606. The number of carbonyl (C=O) groups is 2. The van der Waals surface area contributed by atoms with Gasteiger partial charge < -0.3 is 15.0 Å². The van der Waals surface area contributed by atoms with Gasteiger partial charge >= 0.3 is 12.0 Å². The number of hydrogen-bond donors (Lipinski definition) is 1. The molecule has 0 spiro atoms. The minimum atomic E-state index is -0.178. The van der Waals surface area contributed by atoms with Gasteiger partial charge in [-0.25, -0.2) is 4.79 Å². The van der Waals surface area contributed by atoms with Crippen molar-refractivity contribution in [3.8, 4) is 0 Å². The molecule has 0 aromatic heterocycles. The van der Waals surface area contributed by atoms with E-state index in [2.05, 4.69) is 15.0 Å². The van der Waals surface area contributed by atoms with Crippen LogP contribution in [0, 0.1) is 5.92 Å². The predicted octanol–water partition coefficient (Wildman–Crippen LogP) is 3.08. The first-order chi connectivity index (χ1) is 10.7. The first-order valence-corrected chi connectivity index (χ1v) is 8.83. The van der Waals surface area contributed by atoms with E-state index in [0.717, 1.165) is 25.8 Å². The Morgan fingerprint density at radius 2 is 1.86 bits per heavy atom. The maximum Gasteiger partial charge on any atom is 0.317 e. The van der Waals surface area contributed by atoms with E-state index in [1.54, 1.807) is 0 Å². The number of methoxy groups -OCH3 is 1. The van der Waals surface area contributed by atoms with Crippen molar-refractivity contribution in [1.29, 1.82) is 0 Å². The maximum atomic E-state index is 12.4. The van der Waals surface area contributed by atoms with Crippen molar-refractivity contribution < 1.29 is 14.3 Å². The lowest BCUT2D eigenvalue weighted by Crippen LogP contribution is -2.46. The highest BCUT2D eigenvalue weighted by molar-refractivity contribution is 5.74. The molecular weight excluding hydrogens is 280 g/mol. The molecule has 0 aromatic rings. The molecule has 1 saturated heterocycles. The fourth-order valence-corrected chi connectivity index (χ4v) is 3.85. The molecule has 1 atom stereocenters. The average Bonchev–Trinajstić information content (AvgIpc) is 3.04. The van der Waals surface area contributed by atoms with Crippen molar-refractivity contribution in [1.82, 2.24) is 10.2 Å². The van der Waals surface area contributed by atoms with E-state index >= 15 is 0 Å². The Hall–Kier alpha value is -1.26. The number of urea groups is 1. The molecule has 126 valence electrons. The van der Waals surface area contributed by atoms with Gasteiger partial charge in [0.2, 0.25) is 0 Å². The van der Waals surface area contributed by atoms with E-state index in [0.29, 0.717) is 24.9 Å². The van der Waals surface area contributed by atoms with Gasteiger partial charge in [-0.15, -0.1) is 0 Å². The molecule has 5 heteroatoms. The van der Waals surface area contributed by atoms with E-state index in [1.807, 2.05) is 0 Å². The SMILES string of the molecule is COC(=O)CCCCNC(=O)N1CCCC1C1CCCCC1. The summed E-state index contributed by atoms with van der Waals surface area (Å²) in [6.45, 7) is 1.54. The fourth-order valence-electron chi connectivity index (χ4n) is 3.85. The van der Waals surface area contributed by atoms with Gasteiger partial charge in [0.05, 0.1) is 7.11 Å². The molecule has 22 heavy (non-hydrogen) atoms. The number of carbonyl (C=O) groups excluding carboxylic acids is 2. The van der Waals surface area contributed by atoms with Crippen molar-refractivity contribution in [3.05, 3.63) is 0 Å². The Kier molecular flexibility index (Phi) is 7.00. The molecule has 0 radical (unpaired) electrons. The van der Waals surface area contributed by atoms with Crippen LogP contribution in [0.25, 0.3) is 0 Å². The Morgan fingerprint density at radius 3 is 2.59 bits per heavy atom. The highest BCUT2D eigenvalue weighted by atomic mass is 16.5. The zero-order valence-corrected chi connectivity index (χ0v) is 13.8. The third kappa shape index (κ3) is 4.89. The minimum absolute atomic E-state index is 0.0890. The summed E-state index contributed by atoms with van der Waals surface area (Å²) in [6, 6.07) is 0.543. The minimum Gasteiger partial charge on any atom is -0.469 e. The number of esters is 1.